The first kappa shape index (κ1) is 19.1. The van der Waals surface area contributed by atoms with Gasteiger partial charge in [-0.1, -0.05) is 45.8 Å². The Bertz CT molecular complexity index is 767. The fourth-order valence-corrected chi connectivity index (χ4v) is 2.65. The SMILES string of the molecule is Cc1ccc(C(=O)C(Br)c2ccnc(NC(=O)OC(C)(C)C)c2)cc1. The molecule has 0 fully saturated rings. The van der Waals surface area contributed by atoms with Crippen LogP contribution in [0.2, 0.25) is 0 Å². The summed E-state index contributed by atoms with van der Waals surface area (Å²) in [6.45, 7) is 7.32. The molecule has 0 bridgehead atoms. The summed E-state index contributed by atoms with van der Waals surface area (Å²) in [7, 11) is 0. The average Bonchev–Trinajstić information content (AvgIpc) is 2.52. The van der Waals surface area contributed by atoms with Gasteiger partial charge in [0.1, 0.15) is 16.2 Å². The van der Waals surface area contributed by atoms with Gasteiger partial charge < -0.3 is 4.74 Å². The monoisotopic (exact) mass is 404 g/mol. The number of carbonyl (C=O) groups excluding carboxylic acids is 2. The highest BCUT2D eigenvalue weighted by atomic mass is 79.9. The largest absolute Gasteiger partial charge is 0.444 e. The van der Waals surface area contributed by atoms with Crippen molar-refractivity contribution in [2.45, 2.75) is 38.1 Å². The molecular weight excluding hydrogens is 384 g/mol. The quantitative estimate of drug-likeness (QED) is 0.571. The van der Waals surface area contributed by atoms with Gasteiger partial charge in [0.25, 0.3) is 0 Å². The van der Waals surface area contributed by atoms with Crippen molar-refractivity contribution in [2.24, 2.45) is 0 Å². The Morgan fingerprint density at radius 2 is 1.80 bits per heavy atom. The van der Waals surface area contributed by atoms with E-state index < -0.39 is 16.5 Å². The van der Waals surface area contributed by atoms with Crippen molar-refractivity contribution >= 4 is 33.6 Å². The Morgan fingerprint density at radius 1 is 1.16 bits per heavy atom. The van der Waals surface area contributed by atoms with Crippen LogP contribution in [0.1, 0.15) is 47.1 Å². The fourth-order valence-electron chi connectivity index (χ4n) is 2.10. The van der Waals surface area contributed by atoms with Gasteiger partial charge in [0, 0.05) is 11.8 Å². The molecule has 2 rings (SSSR count). The molecule has 1 heterocycles. The first-order valence-corrected chi connectivity index (χ1v) is 8.78. The molecule has 25 heavy (non-hydrogen) atoms. The van der Waals surface area contributed by atoms with Gasteiger partial charge in [-0.15, -0.1) is 0 Å². The van der Waals surface area contributed by atoms with E-state index in [4.69, 9.17) is 4.74 Å². The molecule has 0 saturated heterocycles. The molecule has 0 aliphatic heterocycles. The van der Waals surface area contributed by atoms with Crippen molar-refractivity contribution in [3.63, 3.8) is 0 Å². The van der Waals surface area contributed by atoms with Gasteiger partial charge >= 0.3 is 6.09 Å². The number of rotatable bonds is 4. The van der Waals surface area contributed by atoms with Crippen molar-refractivity contribution in [3.05, 3.63) is 59.3 Å². The number of ether oxygens (including phenoxy) is 1. The first-order valence-electron chi connectivity index (χ1n) is 7.86. The number of Topliss-reactive ketones (excluding diaryl/α,β-unsaturated/α-hetero) is 1. The van der Waals surface area contributed by atoms with Crippen LogP contribution in [0.15, 0.2) is 42.6 Å². The lowest BCUT2D eigenvalue weighted by Crippen LogP contribution is -2.27. The molecule has 5 nitrogen and oxygen atoms in total. The van der Waals surface area contributed by atoms with Crippen molar-refractivity contribution < 1.29 is 14.3 Å². The number of hydrogen-bond donors (Lipinski definition) is 1. The van der Waals surface area contributed by atoms with Gasteiger partial charge in [0.15, 0.2) is 5.78 Å². The maximum Gasteiger partial charge on any atom is 0.413 e. The Labute approximate surface area is 155 Å². The molecule has 1 aromatic heterocycles. The fraction of sp³-hybridized carbons (Fsp3) is 0.316. The number of hydrogen-bond acceptors (Lipinski definition) is 4. The smallest absolute Gasteiger partial charge is 0.413 e. The van der Waals surface area contributed by atoms with E-state index in [1.165, 1.54) is 0 Å². The third-order valence-electron chi connectivity index (χ3n) is 3.27. The van der Waals surface area contributed by atoms with E-state index in [1.807, 2.05) is 19.1 Å². The highest BCUT2D eigenvalue weighted by molar-refractivity contribution is 9.09. The van der Waals surface area contributed by atoms with E-state index in [-0.39, 0.29) is 5.78 Å². The lowest BCUT2D eigenvalue weighted by atomic mass is 10.0. The lowest BCUT2D eigenvalue weighted by Gasteiger charge is -2.19. The second kappa shape index (κ2) is 7.78. The Balaban J connectivity index is 2.13. The Hall–Kier alpha value is -2.21. The van der Waals surface area contributed by atoms with E-state index in [9.17, 15) is 9.59 Å². The van der Waals surface area contributed by atoms with Crippen LogP contribution in [0.5, 0.6) is 0 Å². The Morgan fingerprint density at radius 3 is 2.40 bits per heavy atom. The van der Waals surface area contributed by atoms with Crippen LogP contribution in [0.25, 0.3) is 0 Å². The molecule has 0 radical (unpaired) electrons. The van der Waals surface area contributed by atoms with Crippen molar-refractivity contribution in [1.82, 2.24) is 4.98 Å². The number of amides is 1. The van der Waals surface area contributed by atoms with Crippen LogP contribution >= 0.6 is 15.9 Å². The summed E-state index contributed by atoms with van der Waals surface area (Å²) in [5.41, 5.74) is 1.81. The van der Waals surface area contributed by atoms with Crippen LogP contribution in [0.3, 0.4) is 0 Å². The predicted octanol–water partition coefficient (Wildman–Crippen LogP) is 5.06. The highest BCUT2D eigenvalue weighted by Crippen LogP contribution is 2.28. The standard InChI is InChI=1S/C19H21BrN2O3/c1-12-5-7-13(8-6-12)17(23)16(20)14-9-10-21-15(11-14)22-18(24)25-19(2,3)4/h5-11,16H,1-4H3,(H,21,22,24). The number of ketones is 1. The van der Waals surface area contributed by atoms with Gasteiger partial charge in [0.2, 0.25) is 0 Å². The van der Waals surface area contributed by atoms with Gasteiger partial charge in [0.05, 0.1) is 0 Å². The zero-order chi connectivity index (χ0) is 18.6. The number of carbonyl (C=O) groups is 2. The molecule has 0 spiro atoms. The number of nitrogens with one attached hydrogen (secondary N) is 1. The zero-order valence-electron chi connectivity index (χ0n) is 14.7. The number of benzene rings is 1. The highest BCUT2D eigenvalue weighted by Gasteiger charge is 2.21. The van der Waals surface area contributed by atoms with Crippen LogP contribution in [0, 0.1) is 6.92 Å². The van der Waals surface area contributed by atoms with E-state index in [0.717, 1.165) is 5.56 Å². The maximum absolute atomic E-state index is 12.6. The van der Waals surface area contributed by atoms with Crippen LogP contribution in [-0.2, 0) is 4.74 Å². The number of nitrogens with zero attached hydrogens (tertiary/aromatic N) is 1. The molecule has 1 atom stereocenters. The number of anilines is 1. The van der Waals surface area contributed by atoms with Gasteiger partial charge in [-0.3, -0.25) is 10.1 Å². The number of pyridine rings is 1. The number of aromatic nitrogens is 1. The third-order valence-corrected chi connectivity index (χ3v) is 4.22. The molecule has 1 unspecified atom stereocenters. The summed E-state index contributed by atoms with van der Waals surface area (Å²) in [6.07, 6.45) is 0.951. The number of halogens is 1. The summed E-state index contributed by atoms with van der Waals surface area (Å²) in [5, 5.41) is 2.58. The summed E-state index contributed by atoms with van der Waals surface area (Å²) >= 11 is 3.43. The van der Waals surface area contributed by atoms with E-state index >= 15 is 0 Å². The van der Waals surface area contributed by atoms with Crippen LogP contribution in [0.4, 0.5) is 10.6 Å². The topological polar surface area (TPSA) is 68.3 Å². The third kappa shape index (κ3) is 5.67. The van der Waals surface area contributed by atoms with Gasteiger partial charge in [-0.25, -0.2) is 9.78 Å². The Kier molecular flexibility index (Phi) is 5.95. The summed E-state index contributed by atoms with van der Waals surface area (Å²) in [5.74, 6) is 0.266. The van der Waals surface area contributed by atoms with Crippen LogP contribution < -0.4 is 5.32 Å². The molecule has 1 amide bonds. The van der Waals surface area contributed by atoms with E-state index in [0.29, 0.717) is 16.9 Å². The minimum absolute atomic E-state index is 0.0607. The second-order valence-electron chi connectivity index (χ2n) is 6.69. The van der Waals surface area contributed by atoms with Gasteiger partial charge in [-0.2, -0.15) is 0 Å². The summed E-state index contributed by atoms with van der Waals surface area (Å²) < 4.78 is 5.20. The zero-order valence-corrected chi connectivity index (χ0v) is 16.3. The van der Waals surface area contributed by atoms with Crippen molar-refractivity contribution in [1.29, 1.82) is 0 Å². The van der Waals surface area contributed by atoms with Crippen LogP contribution in [-0.4, -0.2) is 22.5 Å². The molecular formula is C19H21BrN2O3. The first-order chi connectivity index (χ1) is 11.7. The van der Waals surface area contributed by atoms with Crippen molar-refractivity contribution in [2.75, 3.05) is 5.32 Å². The lowest BCUT2D eigenvalue weighted by molar-refractivity contribution is 0.0635. The molecule has 0 aliphatic rings. The number of alkyl halides is 1. The molecule has 6 heteroatoms. The summed E-state index contributed by atoms with van der Waals surface area (Å²) in [6, 6.07) is 10.8. The molecule has 132 valence electrons. The minimum Gasteiger partial charge on any atom is -0.444 e. The van der Waals surface area contributed by atoms with E-state index in [1.54, 1.807) is 51.2 Å². The minimum atomic E-state index is -0.596. The van der Waals surface area contributed by atoms with Crippen molar-refractivity contribution in [3.8, 4) is 0 Å². The maximum atomic E-state index is 12.6. The number of aryl methyl sites for hydroxylation is 1. The molecule has 1 N–H and O–H groups in total. The summed E-state index contributed by atoms with van der Waals surface area (Å²) in [4.78, 5) is 28.0. The van der Waals surface area contributed by atoms with Gasteiger partial charge in [-0.05, 0) is 45.4 Å². The molecule has 2 aromatic rings. The second-order valence-corrected chi connectivity index (χ2v) is 7.61. The predicted molar refractivity (Wildman–Crippen MR) is 101 cm³/mol. The normalized spacial score (nSPS) is 12.4. The molecule has 0 aliphatic carbocycles. The average molecular weight is 405 g/mol. The molecule has 0 saturated carbocycles. The van der Waals surface area contributed by atoms with E-state index in [2.05, 4.69) is 26.2 Å². The molecule has 1 aromatic carbocycles.